The minimum atomic E-state index is 0.395. The third-order valence-electron chi connectivity index (χ3n) is 3.39. The maximum atomic E-state index is 4.81. The molecular formula is C18H23N. The fourth-order valence-electron chi connectivity index (χ4n) is 2.55. The molecule has 1 nitrogen and oxygen atoms in total. The predicted molar refractivity (Wildman–Crippen MR) is 85.1 cm³/mol. The van der Waals surface area contributed by atoms with Gasteiger partial charge in [-0.05, 0) is 48.6 Å². The predicted octanol–water partition coefficient (Wildman–Crippen LogP) is 5.08. The summed E-state index contributed by atoms with van der Waals surface area (Å²) in [7, 11) is 0. The van der Waals surface area contributed by atoms with Crippen LogP contribution in [0, 0.1) is 5.92 Å². The van der Waals surface area contributed by atoms with Crippen molar-refractivity contribution in [3.05, 3.63) is 48.0 Å². The monoisotopic (exact) mass is 253 g/mol. The van der Waals surface area contributed by atoms with Gasteiger partial charge in [0.15, 0.2) is 0 Å². The third-order valence-corrected chi connectivity index (χ3v) is 3.39. The Bertz CT molecular complexity index is 581. The number of hydrogen-bond acceptors (Lipinski definition) is 1. The van der Waals surface area contributed by atoms with Crippen LogP contribution in [0.4, 0.5) is 0 Å². The second-order valence-corrected chi connectivity index (χ2v) is 5.76. The van der Waals surface area contributed by atoms with Crippen LogP contribution >= 0.6 is 0 Å². The van der Waals surface area contributed by atoms with Crippen LogP contribution in [0.25, 0.3) is 10.8 Å². The summed E-state index contributed by atoms with van der Waals surface area (Å²) in [6.45, 7) is 8.81. The molecule has 1 atom stereocenters. The highest BCUT2D eigenvalue weighted by atomic mass is 14.8. The molecule has 1 heteroatoms. The Morgan fingerprint density at radius 1 is 1.00 bits per heavy atom. The van der Waals surface area contributed by atoms with Crippen LogP contribution < -0.4 is 0 Å². The second-order valence-electron chi connectivity index (χ2n) is 5.76. The zero-order valence-electron chi connectivity index (χ0n) is 12.4. The summed E-state index contributed by atoms with van der Waals surface area (Å²) >= 11 is 0. The van der Waals surface area contributed by atoms with Gasteiger partial charge in [-0.15, -0.1) is 0 Å². The van der Waals surface area contributed by atoms with Gasteiger partial charge in [0.05, 0.1) is 0 Å². The zero-order valence-corrected chi connectivity index (χ0v) is 12.4. The first-order valence-electron chi connectivity index (χ1n) is 7.10. The van der Waals surface area contributed by atoms with E-state index in [0.717, 1.165) is 12.1 Å². The maximum absolute atomic E-state index is 4.81. The first-order valence-corrected chi connectivity index (χ1v) is 7.10. The topological polar surface area (TPSA) is 12.4 Å². The van der Waals surface area contributed by atoms with Crippen LogP contribution in [0.5, 0.6) is 0 Å². The molecule has 0 aromatic heterocycles. The van der Waals surface area contributed by atoms with Gasteiger partial charge in [0.25, 0.3) is 0 Å². The van der Waals surface area contributed by atoms with Crippen LogP contribution in [0.1, 0.15) is 39.7 Å². The van der Waals surface area contributed by atoms with E-state index in [1.54, 1.807) is 0 Å². The molecule has 0 unspecified atom stereocenters. The standard InChI is InChI=1S/C18H23N/c1-13(2)11-14(3)19-15(4)17-10-9-16-7-5-6-8-18(16)12-17/h5-10,12-14H,11H2,1-4H3/t14-/m1/s1. The summed E-state index contributed by atoms with van der Waals surface area (Å²) in [6, 6.07) is 15.4. The average molecular weight is 253 g/mol. The lowest BCUT2D eigenvalue weighted by Crippen LogP contribution is -2.07. The molecule has 0 aliphatic heterocycles. The lowest BCUT2D eigenvalue weighted by Gasteiger charge is -2.11. The van der Waals surface area contributed by atoms with Crippen molar-refractivity contribution in [2.24, 2.45) is 10.9 Å². The molecule has 0 aliphatic rings. The first-order chi connectivity index (χ1) is 9.06. The van der Waals surface area contributed by atoms with Gasteiger partial charge in [-0.3, -0.25) is 4.99 Å². The molecule has 2 aromatic rings. The van der Waals surface area contributed by atoms with E-state index in [9.17, 15) is 0 Å². The minimum absolute atomic E-state index is 0.395. The van der Waals surface area contributed by atoms with E-state index in [0.29, 0.717) is 12.0 Å². The highest BCUT2D eigenvalue weighted by molar-refractivity contribution is 6.02. The van der Waals surface area contributed by atoms with Crippen LogP contribution in [-0.2, 0) is 0 Å². The Morgan fingerprint density at radius 2 is 1.68 bits per heavy atom. The Kier molecular flexibility index (Phi) is 4.36. The van der Waals surface area contributed by atoms with Gasteiger partial charge in [0, 0.05) is 11.8 Å². The summed E-state index contributed by atoms with van der Waals surface area (Å²) in [6.07, 6.45) is 1.14. The van der Waals surface area contributed by atoms with Crippen molar-refractivity contribution in [3.8, 4) is 0 Å². The lowest BCUT2D eigenvalue weighted by molar-refractivity contribution is 0.522. The van der Waals surface area contributed by atoms with Crippen LogP contribution in [0.2, 0.25) is 0 Å². The molecule has 19 heavy (non-hydrogen) atoms. The van der Waals surface area contributed by atoms with Crippen LogP contribution in [0.15, 0.2) is 47.5 Å². The van der Waals surface area contributed by atoms with Gasteiger partial charge in [-0.2, -0.15) is 0 Å². The van der Waals surface area contributed by atoms with E-state index in [2.05, 4.69) is 70.2 Å². The second kappa shape index (κ2) is 6.01. The SMILES string of the molecule is CC(=N[C@H](C)CC(C)C)c1ccc2ccccc2c1. The fourth-order valence-corrected chi connectivity index (χ4v) is 2.55. The average Bonchev–Trinajstić information content (AvgIpc) is 2.37. The van der Waals surface area contributed by atoms with Gasteiger partial charge in [0.2, 0.25) is 0 Å². The van der Waals surface area contributed by atoms with E-state index in [-0.39, 0.29) is 0 Å². The van der Waals surface area contributed by atoms with Crippen molar-refractivity contribution < 1.29 is 0 Å². The van der Waals surface area contributed by atoms with E-state index in [1.807, 2.05) is 0 Å². The highest BCUT2D eigenvalue weighted by Crippen LogP contribution is 2.17. The van der Waals surface area contributed by atoms with Gasteiger partial charge in [0.1, 0.15) is 0 Å². The summed E-state index contributed by atoms with van der Waals surface area (Å²) < 4.78 is 0. The quantitative estimate of drug-likeness (QED) is 0.673. The first kappa shape index (κ1) is 13.8. The highest BCUT2D eigenvalue weighted by Gasteiger charge is 2.05. The number of nitrogens with zero attached hydrogens (tertiary/aromatic N) is 1. The Labute approximate surface area is 116 Å². The summed E-state index contributed by atoms with van der Waals surface area (Å²) in [5.74, 6) is 0.697. The molecule has 0 fully saturated rings. The zero-order chi connectivity index (χ0) is 13.8. The molecule has 0 saturated heterocycles. The Morgan fingerprint density at radius 3 is 2.37 bits per heavy atom. The number of hydrogen-bond donors (Lipinski definition) is 0. The Balaban J connectivity index is 2.25. The van der Waals surface area contributed by atoms with Crippen LogP contribution in [-0.4, -0.2) is 11.8 Å². The van der Waals surface area contributed by atoms with E-state index in [4.69, 9.17) is 4.99 Å². The summed E-state index contributed by atoms with van der Waals surface area (Å²) in [5.41, 5.74) is 2.37. The molecule has 0 spiro atoms. The lowest BCUT2D eigenvalue weighted by atomic mass is 10.0. The molecule has 100 valence electrons. The van der Waals surface area contributed by atoms with Crippen molar-refractivity contribution in [2.75, 3.05) is 0 Å². The largest absolute Gasteiger partial charge is 0.286 e. The van der Waals surface area contributed by atoms with Gasteiger partial charge in [-0.25, -0.2) is 0 Å². The van der Waals surface area contributed by atoms with E-state index < -0.39 is 0 Å². The Hall–Kier alpha value is -1.63. The molecule has 0 N–H and O–H groups in total. The van der Waals surface area contributed by atoms with Crippen LogP contribution in [0.3, 0.4) is 0 Å². The summed E-state index contributed by atoms with van der Waals surface area (Å²) in [5, 5.41) is 2.57. The van der Waals surface area contributed by atoms with Crippen molar-refractivity contribution >= 4 is 16.5 Å². The normalized spacial score (nSPS) is 14.1. The van der Waals surface area contributed by atoms with Gasteiger partial charge >= 0.3 is 0 Å². The number of fused-ring (bicyclic) bond motifs is 1. The third kappa shape index (κ3) is 3.66. The maximum Gasteiger partial charge on any atom is 0.0477 e. The van der Waals surface area contributed by atoms with Crippen molar-refractivity contribution in [3.63, 3.8) is 0 Å². The smallest absolute Gasteiger partial charge is 0.0477 e. The number of aliphatic imine (C=N–C) groups is 1. The van der Waals surface area contributed by atoms with Crippen molar-refractivity contribution in [2.45, 2.75) is 40.2 Å². The van der Waals surface area contributed by atoms with Crippen molar-refractivity contribution in [1.29, 1.82) is 0 Å². The molecule has 2 rings (SSSR count). The molecule has 0 radical (unpaired) electrons. The molecule has 0 saturated carbocycles. The van der Waals surface area contributed by atoms with Crippen molar-refractivity contribution in [1.82, 2.24) is 0 Å². The minimum Gasteiger partial charge on any atom is -0.286 e. The van der Waals surface area contributed by atoms with E-state index >= 15 is 0 Å². The number of rotatable bonds is 4. The van der Waals surface area contributed by atoms with Gasteiger partial charge < -0.3 is 0 Å². The number of benzene rings is 2. The molecule has 0 amide bonds. The molecule has 0 bridgehead atoms. The molecule has 2 aromatic carbocycles. The molecule has 0 aliphatic carbocycles. The summed E-state index contributed by atoms with van der Waals surface area (Å²) in [4.78, 5) is 4.81. The van der Waals surface area contributed by atoms with Gasteiger partial charge in [-0.1, -0.05) is 50.2 Å². The van der Waals surface area contributed by atoms with E-state index in [1.165, 1.54) is 16.3 Å². The fraction of sp³-hybridized carbons (Fsp3) is 0.389. The molecule has 0 heterocycles. The molecular weight excluding hydrogens is 230 g/mol.